The predicted octanol–water partition coefficient (Wildman–Crippen LogP) is -0.691. The molecule has 4 amide bonds. The van der Waals surface area contributed by atoms with Crippen molar-refractivity contribution in [3.63, 3.8) is 0 Å². The molecule has 0 saturated carbocycles. The van der Waals surface area contributed by atoms with Crippen LogP contribution in [0.1, 0.15) is 27.9 Å². The number of benzene rings is 2. The van der Waals surface area contributed by atoms with Gasteiger partial charge in [-0.25, -0.2) is 0 Å². The van der Waals surface area contributed by atoms with Gasteiger partial charge in [-0.15, -0.1) is 0 Å². The lowest BCUT2D eigenvalue weighted by atomic mass is 10.1. The molecule has 214 valence electrons. The molecule has 2 atom stereocenters. The highest BCUT2D eigenvalue weighted by atomic mass is 16.5. The first-order valence-corrected chi connectivity index (χ1v) is 13.3. The first kappa shape index (κ1) is 29.0. The summed E-state index contributed by atoms with van der Waals surface area (Å²) in [7, 11) is 0. The van der Waals surface area contributed by atoms with E-state index in [1.807, 2.05) is 24.3 Å². The number of carbonyl (C=O) groups excluding carboxylic acids is 4. The maximum Gasteiger partial charge on any atom is 0.255 e. The van der Waals surface area contributed by atoms with Gasteiger partial charge in [0, 0.05) is 26.2 Å². The molecule has 40 heavy (non-hydrogen) atoms. The topological polar surface area (TPSA) is 158 Å². The van der Waals surface area contributed by atoms with Crippen molar-refractivity contribution in [1.82, 2.24) is 26.2 Å². The van der Waals surface area contributed by atoms with Gasteiger partial charge in [0.15, 0.2) is 0 Å². The average Bonchev–Trinajstić information content (AvgIpc) is 2.97. The summed E-state index contributed by atoms with van der Waals surface area (Å²) < 4.78 is 11.1. The summed E-state index contributed by atoms with van der Waals surface area (Å²) >= 11 is 0. The summed E-state index contributed by atoms with van der Waals surface area (Å²) in [5, 5.41) is 20.0. The number of hydrogen-bond donors (Lipinski definition) is 5. The first-order chi connectivity index (χ1) is 19.4. The molecular formula is C28H35N5O7. The third-order valence-corrected chi connectivity index (χ3v) is 6.64. The number of para-hydroxylation sites is 1. The van der Waals surface area contributed by atoms with E-state index in [0.717, 1.165) is 44.0 Å². The third-order valence-electron chi connectivity index (χ3n) is 6.64. The van der Waals surface area contributed by atoms with Crippen molar-refractivity contribution in [2.45, 2.75) is 31.6 Å². The summed E-state index contributed by atoms with van der Waals surface area (Å²) in [6.45, 7) is 3.75. The molecule has 12 nitrogen and oxygen atoms in total. The number of morpholine rings is 1. The SMILES string of the molecule is O=C1C[C@@H](C(=O)NCc2ccc(CN3CCOCC3)cc2)NC(=O)c2ccccc2OCCNC(=O)[C@H](CO)N1. The quantitative estimate of drug-likeness (QED) is 0.315. The lowest BCUT2D eigenvalue weighted by molar-refractivity contribution is -0.131. The zero-order valence-corrected chi connectivity index (χ0v) is 22.2. The highest BCUT2D eigenvalue weighted by molar-refractivity contribution is 6.01. The molecule has 2 aromatic carbocycles. The van der Waals surface area contributed by atoms with E-state index in [2.05, 4.69) is 26.2 Å². The molecule has 2 aromatic rings. The van der Waals surface area contributed by atoms with Gasteiger partial charge in [0.1, 0.15) is 24.4 Å². The number of ether oxygens (including phenoxy) is 2. The number of rotatable bonds is 6. The van der Waals surface area contributed by atoms with Crippen LogP contribution in [0.25, 0.3) is 0 Å². The monoisotopic (exact) mass is 553 g/mol. The zero-order valence-electron chi connectivity index (χ0n) is 22.2. The molecule has 12 heteroatoms. The molecule has 2 heterocycles. The first-order valence-electron chi connectivity index (χ1n) is 13.3. The minimum absolute atomic E-state index is 0.0529. The van der Waals surface area contributed by atoms with E-state index in [9.17, 15) is 24.3 Å². The van der Waals surface area contributed by atoms with Gasteiger partial charge in [0.2, 0.25) is 17.7 Å². The molecule has 1 saturated heterocycles. The van der Waals surface area contributed by atoms with Gasteiger partial charge in [-0.05, 0) is 23.3 Å². The molecule has 0 aromatic heterocycles. The Kier molecular flexibility index (Phi) is 10.4. The summed E-state index contributed by atoms with van der Waals surface area (Å²) in [4.78, 5) is 53.7. The number of nitrogens with one attached hydrogen (secondary N) is 4. The molecular weight excluding hydrogens is 518 g/mol. The maximum absolute atomic E-state index is 13.2. The molecule has 5 N–H and O–H groups in total. The Balaban J connectivity index is 1.44. The van der Waals surface area contributed by atoms with Crippen LogP contribution in [0.15, 0.2) is 48.5 Å². The number of aliphatic hydroxyl groups is 1. The molecule has 4 rings (SSSR count). The molecule has 1 fully saturated rings. The second-order valence-corrected chi connectivity index (χ2v) is 9.59. The van der Waals surface area contributed by atoms with Gasteiger partial charge in [-0.1, -0.05) is 36.4 Å². The number of aliphatic hydroxyl groups excluding tert-OH is 1. The zero-order chi connectivity index (χ0) is 28.3. The van der Waals surface area contributed by atoms with E-state index in [4.69, 9.17) is 9.47 Å². The van der Waals surface area contributed by atoms with Crippen molar-refractivity contribution in [2.75, 3.05) is 46.1 Å². The normalized spacial score (nSPS) is 21.1. The number of carbonyl (C=O) groups is 4. The van der Waals surface area contributed by atoms with E-state index in [0.29, 0.717) is 0 Å². The van der Waals surface area contributed by atoms with Crippen LogP contribution in [0, 0.1) is 0 Å². The van der Waals surface area contributed by atoms with E-state index < -0.39 is 48.7 Å². The van der Waals surface area contributed by atoms with E-state index >= 15 is 0 Å². The highest BCUT2D eigenvalue weighted by Crippen LogP contribution is 2.18. The molecule has 2 aliphatic rings. The maximum atomic E-state index is 13.2. The summed E-state index contributed by atoms with van der Waals surface area (Å²) in [5.41, 5.74) is 2.19. The van der Waals surface area contributed by atoms with Gasteiger partial charge in [-0.3, -0.25) is 24.1 Å². The molecule has 0 spiro atoms. The van der Waals surface area contributed by atoms with Gasteiger partial charge in [0.05, 0.1) is 38.3 Å². The number of fused-ring (bicyclic) bond motifs is 1. The Morgan fingerprint density at radius 1 is 0.975 bits per heavy atom. The van der Waals surface area contributed by atoms with Gasteiger partial charge in [0.25, 0.3) is 5.91 Å². The van der Waals surface area contributed by atoms with Crippen molar-refractivity contribution >= 4 is 23.6 Å². The fourth-order valence-electron chi connectivity index (χ4n) is 4.41. The summed E-state index contributed by atoms with van der Waals surface area (Å²) in [5.74, 6) is -2.16. The van der Waals surface area contributed by atoms with E-state index in [1.165, 1.54) is 0 Å². The minimum atomic E-state index is -1.24. The number of amides is 4. The average molecular weight is 554 g/mol. The second-order valence-electron chi connectivity index (χ2n) is 9.59. The van der Waals surface area contributed by atoms with E-state index in [1.54, 1.807) is 24.3 Å². The van der Waals surface area contributed by atoms with Gasteiger partial charge >= 0.3 is 0 Å². The highest BCUT2D eigenvalue weighted by Gasteiger charge is 2.28. The summed E-state index contributed by atoms with van der Waals surface area (Å²) in [6.07, 6.45) is -0.442. The Morgan fingerprint density at radius 2 is 1.70 bits per heavy atom. The molecule has 0 aliphatic carbocycles. The standard InChI is InChI=1S/C28H35N5O7/c34-18-23-28(38)29-9-12-40-24-4-2-1-3-21(24)26(36)32-22(15-25(35)31-23)27(37)30-16-19-5-7-20(8-6-19)17-33-10-13-39-14-11-33/h1-8,22-23,34H,9-18H2,(H,29,38)(H,30,37)(H,31,35)(H,32,36)/t22-,23-/m0/s1. The number of hydrogen-bond acceptors (Lipinski definition) is 8. The Morgan fingerprint density at radius 3 is 2.45 bits per heavy atom. The van der Waals surface area contributed by atoms with Crippen LogP contribution in [0.2, 0.25) is 0 Å². The van der Waals surface area contributed by atoms with Crippen LogP contribution in [0.4, 0.5) is 0 Å². The molecule has 0 bridgehead atoms. The number of nitrogens with zero attached hydrogens (tertiary/aromatic N) is 1. The van der Waals surface area contributed by atoms with Crippen molar-refractivity contribution < 1.29 is 33.8 Å². The van der Waals surface area contributed by atoms with Crippen LogP contribution in [0.3, 0.4) is 0 Å². The van der Waals surface area contributed by atoms with Crippen LogP contribution in [-0.2, 0) is 32.2 Å². The summed E-state index contributed by atoms with van der Waals surface area (Å²) in [6, 6.07) is 11.9. The Bertz CT molecular complexity index is 1180. The largest absolute Gasteiger partial charge is 0.491 e. The Labute approximate surface area is 232 Å². The van der Waals surface area contributed by atoms with Crippen molar-refractivity contribution in [3.8, 4) is 5.75 Å². The smallest absolute Gasteiger partial charge is 0.255 e. The van der Waals surface area contributed by atoms with Crippen LogP contribution >= 0.6 is 0 Å². The van der Waals surface area contributed by atoms with Crippen LogP contribution in [-0.4, -0.2) is 91.8 Å². The fraction of sp³-hybridized carbons (Fsp3) is 0.429. The lowest BCUT2D eigenvalue weighted by Gasteiger charge is -2.26. The van der Waals surface area contributed by atoms with Gasteiger partial charge < -0.3 is 35.8 Å². The molecule has 0 unspecified atom stereocenters. The van der Waals surface area contributed by atoms with Crippen molar-refractivity contribution in [2.24, 2.45) is 0 Å². The molecule has 0 radical (unpaired) electrons. The van der Waals surface area contributed by atoms with Gasteiger partial charge in [-0.2, -0.15) is 0 Å². The molecule has 2 aliphatic heterocycles. The third kappa shape index (κ3) is 8.25. The fourth-order valence-corrected chi connectivity index (χ4v) is 4.41. The van der Waals surface area contributed by atoms with Crippen LogP contribution < -0.4 is 26.0 Å². The minimum Gasteiger partial charge on any atom is -0.491 e. The van der Waals surface area contributed by atoms with Crippen molar-refractivity contribution in [3.05, 3.63) is 65.2 Å². The van der Waals surface area contributed by atoms with E-state index in [-0.39, 0.29) is 31.0 Å². The van der Waals surface area contributed by atoms with Crippen molar-refractivity contribution in [1.29, 1.82) is 0 Å². The Hall–Kier alpha value is -4.00. The predicted molar refractivity (Wildman–Crippen MR) is 144 cm³/mol. The van der Waals surface area contributed by atoms with Crippen LogP contribution in [0.5, 0.6) is 5.75 Å². The lowest BCUT2D eigenvalue weighted by Crippen LogP contribution is -2.53. The second kappa shape index (κ2) is 14.4.